The molecule has 60 valence electrons. The number of nitrogens with one attached hydrogen (secondary N) is 1. The fourth-order valence-electron chi connectivity index (χ4n) is 1.43. The first-order valence-electron chi connectivity index (χ1n) is 3.45. The molecule has 0 aromatic heterocycles. The first-order valence-corrected chi connectivity index (χ1v) is 3.97. The average molecular weight is 172 g/mol. The summed E-state index contributed by atoms with van der Waals surface area (Å²) in [6, 6.07) is 0.128. The number of fused-ring (bicyclic) bond motifs is 1. The number of carbonyl (C=O) groups excluding carboxylic acids is 2. The lowest BCUT2D eigenvalue weighted by Gasteiger charge is -2.46. The van der Waals surface area contributed by atoms with Crippen LogP contribution in [0, 0.1) is 0 Å². The van der Waals surface area contributed by atoms with E-state index in [-0.39, 0.29) is 29.8 Å². The van der Waals surface area contributed by atoms with Crippen LogP contribution in [0.15, 0.2) is 0 Å². The summed E-state index contributed by atoms with van der Waals surface area (Å²) in [5.41, 5.74) is 0. The van der Waals surface area contributed by atoms with Gasteiger partial charge >= 0.3 is 0 Å². The van der Waals surface area contributed by atoms with Crippen molar-refractivity contribution in [2.24, 2.45) is 0 Å². The van der Waals surface area contributed by atoms with Crippen LogP contribution < -0.4 is 5.32 Å². The summed E-state index contributed by atoms with van der Waals surface area (Å²) in [7, 11) is 0. The quantitative estimate of drug-likeness (QED) is 0.363. The SMILES string of the molecule is O=C1CN2C(=O)CC2C(S)N1. The van der Waals surface area contributed by atoms with E-state index in [4.69, 9.17) is 0 Å². The molecular weight excluding hydrogens is 164 g/mol. The van der Waals surface area contributed by atoms with Gasteiger partial charge in [-0.25, -0.2) is 0 Å². The fraction of sp³-hybridized carbons (Fsp3) is 0.667. The highest BCUT2D eigenvalue weighted by Crippen LogP contribution is 2.26. The van der Waals surface area contributed by atoms with E-state index < -0.39 is 0 Å². The Balaban J connectivity index is 2.12. The molecule has 2 amide bonds. The summed E-state index contributed by atoms with van der Waals surface area (Å²) in [6.45, 7) is 0.209. The first kappa shape index (κ1) is 6.97. The second kappa shape index (κ2) is 2.14. The van der Waals surface area contributed by atoms with Crippen LogP contribution in [0.5, 0.6) is 0 Å². The zero-order valence-electron chi connectivity index (χ0n) is 5.78. The van der Waals surface area contributed by atoms with Crippen LogP contribution in [-0.4, -0.2) is 34.7 Å². The minimum atomic E-state index is -0.172. The number of rotatable bonds is 0. The Hall–Kier alpha value is -0.710. The molecule has 2 aliphatic heterocycles. The third-order valence-corrected chi connectivity index (χ3v) is 2.56. The molecule has 1 N–H and O–H groups in total. The summed E-state index contributed by atoms with van der Waals surface area (Å²) >= 11 is 4.14. The first-order chi connectivity index (χ1) is 5.18. The lowest BCUT2D eigenvalue weighted by Crippen LogP contribution is -2.67. The number of thiol groups is 1. The van der Waals surface area contributed by atoms with E-state index in [1.807, 2.05) is 0 Å². The number of hydrogen-bond acceptors (Lipinski definition) is 3. The van der Waals surface area contributed by atoms with E-state index in [1.54, 1.807) is 4.90 Å². The Morgan fingerprint density at radius 1 is 1.55 bits per heavy atom. The van der Waals surface area contributed by atoms with Crippen molar-refractivity contribution >= 4 is 24.4 Å². The largest absolute Gasteiger partial charge is 0.341 e. The molecule has 0 spiro atoms. The van der Waals surface area contributed by atoms with E-state index in [9.17, 15) is 9.59 Å². The Morgan fingerprint density at radius 3 is 2.91 bits per heavy atom. The number of nitrogens with zero attached hydrogens (tertiary/aromatic N) is 1. The summed E-state index contributed by atoms with van der Waals surface area (Å²) in [4.78, 5) is 23.3. The number of β-lactam (4-membered cyclic amide) rings is 1. The maximum atomic E-state index is 10.9. The van der Waals surface area contributed by atoms with Gasteiger partial charge in [0.05, 0.1) is 24.4 Å². The van der Waals surface area contributed by atoms with Crippen LogP contribution in [0.2, 0.25) is 0 Å². The lowest BCUT2D eigenvalue weighted by molar-refractivity contribution is -0.153. The Bertz CT molecular complexity index is 231. The number of amides is 2. The van der Waals surface area contributed by atoms with E-state index in [1.165, 1.54) is 0 Å². The molecule has 0 aromatic rings. The number of hydrogen-bond donors (Lipinski definition) is 2. The second-order valence-corrected chi connectivity index (χ2v) is 3.36. The third-order valence-electron chi connectivity index (χ3n) is 2.09. The monoisotopic (exact) mass is 172 g/mol. The fourth-order valence-corrected chi connectivity index (χ4v) is 1.84. The molecule has 2 atom stereocenters. The van der Waals surface area contributed by atoms with E-state index in [0.717, 1.165) is 0 Å². The van der Waals surface area contributed by atoms with Crippen molar-refractivity contribution in [3.63, 3.8) is 0 Å². The Kier molecular flexibility index (Phi) is 1.35. The molecule has 2 fully saturated rings. The van der Waals surface area contributed by atoms with Gasteiger partial charge in [-0.05, 0) is 0 Å². The minimum absolute atomic E-state index is 0.0592. The van der Waals surface area contributed by atoms with Crippen molar-refractivity contribution in [1.82, 2.24) is 10.2 Å². The van der Waals surface area contributed by atoms with Crippen LogP contribution in [0.25, 0.3) is 0 Å². The molecule has 4 nitrogen and oxygen atoms in total. The molecule has 0 saturated carbocycles. The molecule has 0 aromatic carbocycles. The lowest BCUT2D eigenvalue weighted by atomic mass is 9.99. The van der Waals surface area contributed by atoms with Gasteiger partial charge in [-0.1, -0.05) is 0 Å². The molecule has 0 radical (unpaired) electrons. The minimum Gasteiger partial charge on any atom is -0.341 e. The highest BCUT2D eigenvalue weighted by atomic mass is 32.1. The second-order valence-electron chi connectivity index (χ2n) is 2.81. The van der Waals surface area contributed by atoms with Gasteiger partial charge in [-0.15, -0.1) is 0 Å². The van der Waals surface area contributed by atoms with Crippen LogP contribution in [-0.2, 0) is 9.59 Å². The normalized spacial score (nSPS) is 35.9. The molecule has 2 heterocycles. The zero-order chi connectivity index (χ0) is 8.01. The Morgan fingerprint density at radius 2 is 2.27 bits per heavy atom. The maximum absolute atomic E-state index is 10.9. The number of piperazine rings is 1. The van der Waals surface area contributed by atoms with E-state index in [2.05, 4.69) is 17.9 Å². The molecule has 0 aliphatic carbocycles. The standard InChI is InChI=1S/C6H8N2O2S/c9-4-2-8-3(1-5(8)10)6(11)7-4/h3,6,11H,1-2H2,(H,7,9). The van der Waals surface area contributed by atoms with E-state index in [0.29, 0.717) is 6.42 Å². The summed E-state index contributed by atoms with van der Waals surface area (Å²) in [5, 5.41) is 2.49. The molecule has 11 heavy (non-hydrogen) atoms. The molecule has 2 unspecified atom stereocenters. The van der Waals surface area contributed by atoms with Gasteiger partial charge in [0, 0.05) is 0 Å². The van der Waals surface area contributed by atoms with Crippen molar-refractivity contribution in [3.05, 3.63) is 0 Å². The molecule has 2 rings (SSSR count). The summed E-state index contributed by atoms with van der Waals surface area (Å²) in [5.74, 6) is -0.0572. The molecule has 2 aliphatic rings. The summed E-state index contributed by atoms with van der Waals surface area (Å²) < 4.78 is 0. The van der Waals surface area contributed by atoms with Gasteiger partial charge in [-0.3, -0.25) is 9.59 Å². The summed E-state index contributed by atoms with van der Waals surface area (Å²) in [6.07, 6.45) is 0.522. The van der Waals surface area contributed by atoms with Crippen LogP contribution in [0.4, 0.5) is 0 Å². The molecule has 0 bridgehead atoms. The van der Waals surface area contributed by atoms with Crippen molar-refractivity contribution < 1.29 is 9.59 Å². The van der Waals surface area contributed by atoms with Crippen molar-refractivity contribution in [1.29, 1.82) is 0 Å². The molecule has 2 saturated heterocycles. The van der Waals surface area contributed by atoms with Crippen LogP contribution in [0.1, 0.15) is 6.42 Å². The topological polar surface area (TPSA) is 49.4 Å². The maximum Gasteiger partial charge on any atom is 0.240 e. The number of carbonyl (C=O) groups is 2. The smallest absolute Gasteiger partial charge is 0.240 e. The van der Waals surface area contributed by atoms with Crippen molar-refractivity contribution in [2.75, 3.05) is 6.54 Å². The Labute approximate surface area is 69.3 Å². The van der Waals surface area contributed by atoms with Gasteiger partial charge < -0.3 is 10.2 Å². The average Bonchev–Trinajstić information content (AvgIpc) is 1.93. The predicted octanol–water partition coefficient (Wildman–Crippen LogP) is -1.03. The van der Waals surface area contributed by atoms with Gasteiger partial charge in [-0.2, -0.15) is 12.6 Å². The van der Waals surface area contributed by atoms with Crippen LogP contribution >= 0.6 is 12.6 Å². The van der Waals surface area contributed by atoms with Gasteiger partial charge in [0.2, 0.25) is 11.8 Å². The van der Waals surface area contributed by atoms with Crippen molar-refractivity contribution in [2.45, 2.75) is 17.8 Å². The molecular formula is C6H8N2O2S. The van der Waals surface area contributed by atoms with Crippen molar-refractivity contribution in [3.8, 4) is 0 Å². The highest BCUT2D eigenvalue weighted by Gasteiger charge is 2.44. The van der Waals surface area contributed by atoms with Gasteiger partial charge in [0.15, 0.2) is 0 Å². The third kappa shape index (κ3) is 0.910. The highest BCUT2D eigenvalue weighted by molar-refractivity contribution is 7.81. The molecule has 5 heteroatoms. The zero-order valence-corrected chi connectivity index (χ0v) is 6.67. The van der Waals surface area contributed by atoms with Crippen LogP contribution in [0.3, 0.4) is 0 Å². The van der Waals surface area contributed by atoms with Gasteiger partial charge in [0.25, 0.3) is 0 Å². The predicted molar refractivity (Wildman–Crippen MR) is 41.0 cm³/mol. The van der Waals surface area contributed by atoms with E-state index >= 15 is 0 Å². The van der Waals surface area contributed by atoms with Gasteiger partial charge in [0.1, 0.15) is 0 Å².